The molecule has 0 radical (unpaired) electrons. The zero-order valence-corrected chi connectivity index (χ0v) is 12.7. The third kappa shape index (κ3) is 3.63. The quantitative estimate of drug-likeness (QED) is 0.850. The molecule has 19 heavy (non-hydrogen) atoms. The van der Waals surface area contributed by atoms with E-state index in [0.29, 0.717) is 5.92 Å². The summed E-state index contributed by atoms with van der Waals surface area (Å²) >= 11 is 0. The summed E-state index contributed by atoms with van der Waals surface area (Å²) in [6, 6.07) is 6.74. The Kier molecular flexibility index (Phi) is 4.41. The van der Waals surface area contributed by atoms with Gasteiger partial charge in [0.25, 0.3) is 0 Å². The van der Waals surface area contributed by atoms with Crippen LogP contribution in [-0.4, -0.2) is 39.2 Å². The van der Waals surface area contributed by atoms with Gasteiger partial charge in [-0.15, -0.1) is 0 Å². The van der Waals surface area contributed by atoms with Gasteiger partial charge in [-0.05, 0) is 37.5 Å². The van der Waals surface area contributed by atoms with Gasteiger partial charge in [-0.1, -0.05) is 19.1 Å². The van der Waals surface area contributed by atoms with E-state index in [4.69, 9.17) is 0 Å². The van der Waals surface area contributed by atoms with Crippen LogP contribution >= 0.6 is 0 Å². The van der Waals surface area contributed by atoms with Gasteiger partial charge in [0, 0.05) is 36.2 Å². The molecule has 1 aromatic carbocycles. The van der Waals surface area contributed by atoms with Crippen LogP contribution in [0.3, 0.4) is 0 Å². The molecular formula is C15H22FNOS. The topological polar surface area (TPSA) is 20.3 Å². The van der Waals surface area contributed by atoms with E-state index in [-0.39, 0.29) is 10.6 Å². The summed E-state index contributed by atoms with van der Waals surface area (Å²) in [5, 5.41) is 0. The highest BCUT2D eigenvalue weighted by Crippen LogP contribution is 2.23. The van der Waals surface area contributed by atoms with E-state index < -0.39 is 10.8 Å². The largest absolute Gasteiger partial charge is 0.300 e. The highest BCUT2D eigenvalue weighted by atomic mass is 32.2. The van der Waals surface area contributed by atoms with E-state index in [1.54, 1.807) is 0 Å². The van der Waals surface area contributed by atoms with Crippen molar-refractivity contribution in [3.63, 3.8) is 0 Å². The number of hydrogen-bond acceptors (Lipinski definition) is 2. The minimum atomic E-state index is -0.725. The smallest absolute Gasteiger partial charge is 0.123 e. The molecular weight excluding hydrogens is 261 g/mol. The molecule has 0 N–H and O–H groups in total. The van der Waals surface area contributed by atoms with Crippen molar-refractivity contribution >= 4 is 10.8 Å². The molecule has 0 saturated carbocycles. The summed E-state index contributed by atoms with van der Waals surface area (Å²) in [6.07, 6.45) is 0. The van der Waals surface area contributed by atoms with Crippen molar-refractivity contribution in [2.24, 2.45) is 0 Å². The summed E-state index contributed by atoms with van der Waals surface area (Å²) in [5.41, 5.74) is 1.16. The van der Waals surface area contributed by atoms with Gasteiger partial charge in [-0.25, -0.2) is 4.39 Å². The highest BCUT2D eigenvalue weighted by Gasteiger charge is 2.33. The Labute approximate surface area is 117 Å². The van der Waals surface area contributed by atoms with Crippen LogP contribution in [0.25, 0.3) is 0 Å². The zero-order valence-electron chi connectivity index (χ0n) is 11.9. The Morgan fingerprint density at radius 1 is 1.37 bits per heavy atom. The summed E-state index contributed by atoms with van der Waals surface area (Å²) < 4.78 is 24.7. The van der Waals surface area contributed by atoms with Crippen LogP contribution in [0.1, 0.15) is 32.3 Å². The average Bonchev–Trinajstić information content (AvgIpc) is 2.34. The first-order valence-corrected chi connectivity index (χ1v) is 8.07. The van der Waals surface area contributed by atoms with E-state index in [2.05, 4.69) is 25.7 Å². The molecule has 1 fully saturated rings. The molecule has 4 heteroatoms. The van der Waals surface area contributed by atoms with Gasteiger partial charge in [-0.3, -0.25) is 4.21 Å². The Hall–Kier alpha value is -0.740. The fraction of sp³-hybridized carbons (Fsp3) is 0.600. The van der Waals surface area contributed by atoms with Gasteiger partial charge in [0.2, 0.25) is 0 Å². The third-order valence-electron chi connectivity index (χ3n) is 3.78. The Bertz CT molecular complexity index is 458. The lowest BCUT2D eigenvalue weighted by molar-refractivity contribution is 0.244. The summed E-state index contributed by atoms with van der Waals surface area (Å²) in [6.45, 7) is 8.99. The van der Waals surface area contributed by atoms with Crippen molar-refractivity contribution < 1.29 is 8.60 Å². The molecule has 1 saturated heterocycles. The second kappa shape index (κ2) is 5.71. The van der Waals surface area contributed by atoms with Crippen LogP contribution in [0.4, 0.5) is 4.39 Å². The molecule has 0 aromatic heterocycles. The molecule has 2 atom stereocenters. The SMILES string of the molecule is CC(CN1CCS(=O)C(C)(C)C1)c1ccc(F)cc1. The van der Waals surface area contributed by atoms with Gasteiger partial charge < -0.3 is 4.90 Å². The zero-order chi connectivity index (χ0) is 14.0. The maximum absolute atomic E-state index is 12.9. The minimum absolute atomic E-state index is 0.124. The van der Waals surface area contributed by atoms with Crippen molar-refractivity contribution in [2.75, 3.05) is 25.4 Å². The van der Waals surface area contributed by atoms with Crippen molar-refractivity contribution in [3.8, 4) is 0 Å². The molecule has 1 aromatic rings. The van der Waals surface area contributed by atoms with Crippen molar-refractivity contribution in [3.05, 3.63) is 35.6 Å². The molecule has 1 heterocycles. The summed E-state index contributed by atoms with van der Waals surface area (Å²) in [5.74, 6) is 0.928. The first kappa shape index (κ1) is 14.7. The molecule has 0 aliphatic carbocycles. The Balaban J connectivity index is 1.98. The van der Waals surface area contributed by atoms with Gasteiger partial charge in [0.15, 0.2) is 0 Å². The number of halogens is 1. The molecule has 106 valence electrons. The van der Waals surface area contributed by atoms with E-state index in [1.165, 1.54) is 12.1 Å². The van der Waals surface area contributed by atoms with Gasteiger partial charge in [-0.2, -0.15) is 0 Å². The predicted molar refractivity (Wildman–Crippen MR) is 78.3 cm³/mol. The highest BCUT2D eigenvalue weighted by molar-refractivity contribution is 7.86. The monoisotopic (exact) mass is 283 g/mol. The number of benzene rings is 1. The van der Waals surface area contributed by atoms with Crippen LogP contribution in [0, 0.1) is 5.82 Å². The number of nitrogens with zero attached hydrogens (tertiary/aromatic N) is 1. The Morgan fingerprint density at radius 3 is 2.58 bits per heavy atom. The number of rotatable bonds is 3. The van der Waals surface area contributed by atoms with Crippen LogP contribution in [0.5, 0.6) is 0 Å². The second-order valence-electron chi connectivity index (χ2n) is 6.00. The van der Waals surface area contributed by atoms with Crippen LogP contribution in [0.15, 0.2) is 24.3 Å². The lowest BCUT2D eigenvalue weighted by Crippen LogP contribution is -2.50. The first-order chi connectivity index (χ1) is 8.88. The summed E-state index contributed by atoms with van der Waals surface area (Å²) in [4.78, 5) is 2.37. The fourth-order valence-corrected chi connectivity index (χ4v) is 3.92. The predicted octanol–water partition coefficient (Wildman–Crippen LogP) is 2.77. The molecule has 1 aliphatic heterocycles. The van der Waals surface area contributed by atoms with Crippen molar-refractivity contribution in [1.29, 1.82) is 0 Å². The molecule has 0 spiro atoms. The van der Waals surface area contributed by atoms with Crippen LogP contribution in [-0.2, 0) is 10.8 Å². The third-order valence-corrected chi connectivity index (χ3v) is 5.70. The number of hydrogen-bond donors (Lipinski definition) is 0. The van der Waals surface area contributed by atoms with E-state index in [1.807, 2.05) is 12.1 Å². The van der Waals surface area contributed by atoms with Crippen LogP contribution in [0.2, 0.25) is 0 Å². The fourth-order valence-electron chi connectivity index (χ4n) is 2.62. The second-order valence-corrected chi connectivity index (χ2v) is 8.20. The normalized spacial score (nSPS) is 25.2. The maximum Gasteiger partial charge on any atom is 0.123 e. The molecule has 0 bridgehead atoms. The summed E-state index contributed by atoms with van der Waals surface area (Å²) in [7, 11) is -0.725. The molecule has 2 unspecified atom stereocenters. The molecule has 2 nitrogen and oxygen atoms in total. The van der Waals surface area contributed by atoms with Crippen LogP contribution < -0.4 is 0 Å². The lowest BCUT2D eigenvalue weighted by Gasteiger charge is -2.38. The minimum Gasteiger partial charge on any atom is -0.300 e. The lowest BCUT2D eigenvalue weighted by atomic mass is 10.00. The van der Waals surface area contributed by atoms with Crippen molar-refractivity contribution in [2.45, 2.75) is 31.4 Å². The average molecular weight is 283 g/mol. The standard InChI is InChI=1S/C15H22FNOS/c1-12(13-4-6-14(16)7-5-13)10-17-8-9-19(18)15(2,3)11-17/h4-7,12H,8-11H2,1-3H3. The van der Waals surface area contributed by atoms with E-state index >= 15 is 0 Å². The van der Waals surface area contributed by atoms with Gasteiger partial charge >= 0.3 is 0 Å². The van der Waals surface area contributed by atoms with Gasteiger partial charge in [0.1, 0.15) is 5.82 Å². The van der Waals surface area contributed by atoms with Gasteiger partial charge in [0.05, 0.1) is 4.75 Å². The maximum atomic E-state index is 12.9. The van der Waals surface area contributed by atoms with E-state index in [0.717, 1.165) is 31.0 Å². The van der Waals surface area contributed by atoms with E-state index in [9.17, 15) is 8.60 Å². The van der Waals surface area contributed by atoms with Crippen molar-refractivity contribution in [1.82, 2.24) is 4.90 Å². The Morgan fingerprint density at radius 2 is 2.00 bits per heavy atom. The first-order valence-electron chi connectivity index (χ1n) is 6.75. The molecule has 2 rings (SSSR count). The molecule has 1 aliphatic rings. The molecule has 0 amide bonds.